The monoisotopic (exact) mass is 195 g/mol. The van der Waals surface area contributed by atoms with Crippen molar-refractivity contribution in [1.82, 2.24) is 4.90 Å². The van der Waals surface area contributed by atoms with Gasteiger partial charge in [-0.2, -0.15) is 0 Å². The van der Waals surface area contributed by atoms with Crippen molar-refractivity contribution in [1.29, 1.82) is 0 Å². The molecule has 1 amide bonds. The molecule has 0 aromatic heterocycles. The maximum atomic E-state index is 11.3. The number of carbonyl (C=O) groups excluding carboxylic acids is 1. The van der Waals surface area contributed by atoms with E-state index in [1.165, 1.54) is 24.8 Å². The van der Waals surface area contributed by atoms with Crippen LogP contribution in [0, 0.1) is 0 Å². The van der Waals surface area contributed by atoms with E-state index in [2.05, 4.69) is 6.08 Å². The number of hydrogen-bond donors (Lipinski definition) is 1. The molecule has 0 saturated carbocycles. The molecule has 1 saturated heterocycles. The van der Waals surface area contributed by atoms with Gasteiger partial charge in [-0.15, -0.1) is 0 Å². The van der Waals surface area contributed by atoms with Gasteiger partial charge in [0.15, 0.2) is 0 Å². The summed E-state index contributed by atoms with van der Waals surface area (Å²) < 4.78 is 0. The molecule has 14 heavy (non-hydrogen) atoms. The number of β-amino-alcohol motifs (C(OH)–C–C–N with tert-alkyl or cyclic N) is 1. The van der Waals surface area contributed by atoms with Gasteiger partial charge in [-0.05, 0) is 25.7 Å². The minimum atomic E-state index is -0.431. The Morgan fingerprint density at radius 2 is 2.43 bits per heavy atom. The van der Waals surface area contributed by atoms with Gasteiger partial charge < -0.3 is 10.0 Å². The van der Waals surface area contributed by atoms with E-state index in [-0.39, 0.29) is 5.91 Å². The first-order valence-electron chi connectivity index (χ1n) is 5.39. The number of aliphatic hydroxyl groups excluding tert-OH is 1. The highest BCUT2D eigenvalue weighted by molar-refractivity contribution is 5.78. The number of rotatable bonds is 3. The average molecular weight is 195 g/mol. The first kappa shape index (κ1) is 9.71. The molecular formula is C11H17NO2. The Bertz CT molecular complexity index is 260. The van der Waals surface area contributed by atoms with Crippen molar-refractivity contribution in [2.24, 2.45) is 0 Å². The van der Waals surface area contributed by atoms with Gasteiger partial charge in [-0.25, -0.2) is 0 Å². The Kier molecular flexibility index (Phi) is 2.87. The normalized spacial score (nSPS) is 27.2. The quantitative estimate of drug-likeness (QED) is 0.684. The molecule has 0 spiro atoms. The van der Waals surface area contributed by atoms with E-state index < -0.39 is 6.10 Å². The fraction of sp³-hybridized carbons (Fsp3) is 0.727. The van der Waals surface area contributed by atoms with Crippen molar-refractivity contribution in [2.45, 2.75) is 38.2 Å². The highest BCUT2D eigenvalue weighted by Crippen LogP contribution is 2.21. The summed E-state index contributed by atoms with van der Waals surface area (Å²) in [6, 6.07) is 0. The van der Waals surface area contributed by atoms with Crippen molar-refractivity contribution in [3.05, 3.63) is 11.6 Å². The third-order valence-electron chi connectivity index (χ3n) is 3.03. The van der Waals surface area contributed by atoms with Gasteiger partial charge in [-0.3, -0.25) is 4.79 Å². The first-order valence-corrected chi connectivity index (χ1v) is 5.39. The number of nitrogens with zero attached hydrogens (tertiary/aromatic N) is 1. The molecule has 78 valence electrons. The summed E-state index contributed by atoms with van der Waals surface area (Å²) >= 11 is 0. The zero-order valence-corrected chi connectivity index (χ0v) is 8.41. The van der Waals surface area contributed by atoms with Crippen LogP contribution in [0.2, 0.25) is 0 Å². The van der Waals surface area contributed by atoms with E-state index in [0.29, 0.717) is 13.0 Å². The van der Waals surface area contributed by atoms with Crippen LogP contribution in [0.25, 0.3) is 0 Å². The van der Waals surface area contributed by atoms with Crippen LogP contribution in [0.1, 0.15) is 32.1 Å². The molecule has 3 heteroatoms. The number of aliphatic hydroxyl groups is 1. The lowest BCUT2D eigenvalue weighted by molar-refractivity contribution is -0.127. The molecule has 2 rings (SSSR count). The number of allylic oxidation sites excluding steroid dienone is 1. The van der Waals surface area contributed by atoms with E-state index in [1.807, 2.05) is 0 Å². The van der Waals surface area contributed by atoms with E-state index in [9.17, 15) is 9.90 Å². The summed E-state index contributed by atoms with van der Waals surface area (Å²) in [7, 11) is 0. The maximum Gasteiger partial charge on any atom is 0.225 e. The summed E-state index contributed by atoms with van der Waals surface area (Å²) in [6.45, 7) is 1.33. The number of hydrogen-bond acceptors (Lipinski definition) is 2. The van der Waals surface area contributed by atoms with Crippen LogP contribution in [-0.2, 0) is 4.79 Å². The molecule has 1 fully saturated rings. The van der Waals surface area contributed by atoms with Crippen LogP contribution >= 0.6 is 0 Å². The molecule has 1 atom stereocenters. The summed E-state index contributed by atoms with van der Waals surface area (Å²) in [5, 5.41) is 9.28. The largest absolute Gasteiger partial charge is 0.391 e. The predicted molar refractivity (Wildman–Crippen MR) is 53.8 cm³/mol. The SMILES string of the molecule is O=C1CC(O)CN1CCC1=CCCC1. The second-order valence-electron chi connectivity index (χ2n) is 4.20. The van der Waals surface area contributed by atoms with Crippen LogP contribution in [0.5, 0.6) is 0 Å². The lowest BCUT2D eigenvalue weighted by Crippen LogP contribution is -2.27. The highest BCUT2D eigenvalue weighted by atomic mass is 16.3. The van der Waals surface area contributed by atoms with Gasteiger partial charge >= 0.3 is 0 Å². The number of amides is 1. The Morgan fingerprint density at radius 3 is 3.00 bits per heavy atom. The van der Waals surface area contributed by atoms with Crippen LogP contribution in [0.3, 0.4) is 0 Å². The van der Waals surface area contributed by atoms with Gasteiger partial charge in [0, 0.05) is 13.1 Å². The second kappa shape index (κ2) is 4.13. The van der Waals surface area contributed by atoms with Crippen LogP contribution in [0.4, 0.5) is 0 Å². The van der Waals surface area contributed by atoms with Gasteiger partial charge in [0.25, 0.3) is 0 Å². The summed E-state index contributed by atoms with van der Waals surface area (Å²) in [5.41, 5.74) is 1.49. The standard InChI is InChI=1S/C11H17NO2/c13-10-7-11(14)12(8-10)6-5-9-3-1-2-4-9/h3,10,13H,1-2,4-8H2. The first-order chi connectivity index (χ1) is 6.75. The van der Waals surface area contributed by atoms with Crippen molar-refractivity contribution in [2.75, 3.05) is 13.1 Å². The van der Waals surface area contributed by atoms with Crippen LogP contribution < -0.4 is 0 Å². The average Bonchev–Trinajstić information content (AvgIpc) is 2.72. The lowest BCUT2D eigenvalue weighted by Gasteiger charge is -2.15. The molecule has 3 nitrogen and oxygen atoms in total. The molecule has 0 aromatic carbocycles. The van der Waals surface area contributed by atoms with Crippen LogP contribution in [-0.4, -0.2) is 35.1 Å². The minimum Gasteiger partial charge on any atom is -0.391 e. The van der Waals surface area contributed by atoms with Crippen molar-refractivity contribution < 1.29 is 9.90 Å². The smallest absolute Gasteiger partial charge is 0.225 e. The predicted octanol–water partition coefficient (Wildman–Crippen LogP) is 1.08. The molecule has 1 N–H and O–H groups in total. The van der Waals surface area contributed by atoms with Gasteiger partial charge in [-0.1, -0.05) is 11.6 Å². The molecule has 0 bridgehead atoms. The maximum absolute atomic E-state index is 11.3. The molecule has 1 heterocycles. The molecule has 0 aromatic rings. The van der Waals surface area contributed by atoms with E-state index in [0.717, 1.165) is 13.0 Å². The topological polar surface area (TPSA) is 40.5 Å². The summed E-state index contributed by atoms with van der Waals surface area (Å²) in [4.78, 5) is 13.1. The molecule has 1 aliphatic carbocycles. The Labute approximate surface area is 84.4 Å². The molecular weight excluding hydrogens is 178 g/mol. The van der Waals surface area contributed by atoms with Crippen LogP contribution in [0.15, 0.2) is 11.6 Å². The van der Waals surface area contributed by atoms with E-state index in [4.69, 9.17) is 0 Å². The minimum absolute atomic E-state index is 0.107. The Balaban J connectivity index is 1.77. The zero-order valence-electron chi connectivity index (χ0n) is 8.41. The summed E-state index contributed by atoms with van der Waals surface area (Å²) in [5.74, 6) is 0.107. The number of likely N-dealkylation sites (tertiary alicyclic amines) is 1. The third-order valence-corrected chi connectivity index (χ3v) is 3.03. The fourth-order valence-electron chi connectivity index (χ4n) is 2.21. The molecule has 1 aliphatic heterocycles. The lowest BCUT2D eigenvalue weighted by atomic mass is 10.1. The van der Waals surface area contributed by atoms with Crippen molar-refractivity contribution >= 4 is 5.91 Å². The highest BCUT2D eigenvalue weighted by Gasteiger charge is 2.27. The Hall–Kier alpha value is -0.830. The van der Waals surface area contributed by atoms with Gasteiger partial charge in [0.2, 0.25) is 5.91 Å². The van der Waals surface area contributed by atoms with Gasteiger partial charge in [0.05, 0.1) is 12.5 Å². The molecule has 2 aliphatic rings. The molecule has 1 unspecified atom stereocenters. The van der Waals surface area contributed by atoms with Gasteiger partial charge in [0.1, 0.15) is 0 Å². The third kappa shape index (κ3) is 2.15. The number of carbonyl (C=O) groups is 1. The zero-order chi connectivity index (χ0) is 9.97. The molecule has 0 radical (unpaired) electrons. The Morgan fingerprint density at radius 1 is 1.57 bits per heavy atom. The fourth-order valence-corrected chi connectivity index (χ4v) is 2.21. The van der Waals surface area contributed by atoms with E-state index in [1.54, 1.807) is 4.90 Å². The van der Waals surface area contributed by atoms with Crippen molar-refractivity contribution in [3.8, 4) is 0 Å². The summed E-state index contributed by atoms with van der Waals surface area (Å²) in [6.07, 6.45) is 6.84. The second-order valence-corrected chi connectivity index (χ2v) is 4.20. The van der Waals surface area contributed by atoms with Crippen molar-refractivity contribution in [3.63, 3.8) is 0 Å². The van der Waals surface area contributed by atoms with E-state index >= 15 is 0 Å².